The molecular formula is C21H39IN6O3. The molecule has 178 valence electrons. The van der Waals surface area contributed by atoms with Gasteiger partial charge in [-0.3, -0.25) is 9.89 Å². The van der Waals surface area contributed by atoms with Crippen molar-refractivity contribution in [1.82, 2.24) is 25.2 Å². The van der Waals surface area contributed by atoms with Gasteiger partial charge in [0.15, 0.2) is 5.96 Å². The van der Waals surface area contributed by atoms with Crippen molar-refractivity contribution in [3.63, 3.8) is 0 Å². The van der Waals surface area contributed by atoms with Crippen LogP contribution in [0.5, 0.6) is 0 Å². The summed E-state index contributed by atoms with van der Waals surface area (Å²) in [4.78, 5) is 23.3. The Balaban J connectivity index is 0.00000480. The minimum atomic E-state index is -0.485. The van der Waals surface area contributed by atoms with Crippen molar-refractivity contribution in [3.05, 3.63) is 18.0 Å². The molecule has 1 aliphatic rings. The Hall–Kier alpha value is -1.56. The maximum atomic E-state index is 12.2. The summed E-state index contributed by atoms with van der Waals surface area (Å²) in [5, 5.41) is 7.39. The van der Waals surface area contributed by atoms with Crippen LogP contribution >= 0.6 is 24.0 Å². The molecule has 1 fully saturated rings. The molecule has 0 radical (unpaired) electrons. The number of guanidine groups is 1. The van der Waals surface area contributed by atoms with E-state index >= 15 is 0 Å². The van der Waals surface area contributed by atoms with Gasteiger partial charge in [-0.15, -0.1) is 24.0 Å². The lowest BCUT2D eigenvalue weighted by molar-refractivity contribution is 0.0279. The minimum Gasteiger partial charge on any atom is -0.444 e. The molecule has 2 heterocycles. The van der Waals surface area contributed by atoms with E-state index < -0.39 is 5.60 Å². The second-order valence-electron chi connectivity index (χ2n) is 8.91. The van der Waals surface area contributed by atoms with Crippen molar-refractivity contribution in [2.45, 2.75) is 46.8 Å². The summed E-state index contributed by atoms with van der Waals surface area (Å²) in [6.45, 7) is 16.4. The monoisotopic (exact) mass is 550 g/mol. The molecule has 0 spiro atoms. The fourth-order valence-electron chi connectivity index (χ4n) is 3.27. The van der Waals surface area contributed by atoms with Gasteiger partial charge in [0.05, 0.1) is 5.69 Å². The van der Waals surface area contributed by atoms with Crippen LogP contribution in [-0.2, 0) is 11.3 Å². The lowest BCUT2D eigenvalue weighted by atomic mass is 10.2. The number of carbonyl (C=O) groups excluding carboxylic acids is 1. The van der Waals surface area contributed by atoms with Gasteiger partial charge in [0.2, 0.25) is 0 Å². The highest BCUT2D eigenvalue weighted by Crippen LogP contribution is 2.11. The summed E-state index contributed by atoms with van der Waals surface area (Å²) >= 11 is 0. The molecular weight excluding hydrogens is 511 g/mol. The van der Waals surface area contributed by atoms with Crippen LogP contribution in [0.3, 0.4) is 0 Å². The first-order valence-corrected chi connectivity index (χ1v) is 10.8. The Morgan fingerprint density at radius 3 is 2.58 bits per heavy atom. The van der Waals surface area contributed by atoms with Crippen molar-refractivity contribution in [3.8, 4) is 0 Å². The van der Waals surface area contributed by atoms with Crippen LogP contribution in [0.15, 0.2) is 21.8 Å². The number of rotatable bonds is 7. The van der Waals surface area contributed by atoms with Gasteiger partial charge >= 0.3 is 6.09 Å². The quantitative estimate of drug-likeness (QED) is 0.318. The first-order chi connectivity index (χ1) is 14.2. The zero-order chi connectivity index (χ0) is 22.1. The largest absolute Gasteiger partial charge is 0.444 e. The Bertz CT molecular complexity index is 669. The number of hydrogen-bond acceptors (Lipinski definition) is 6. The van der Waals surface area contributed by atoms with E-state index in [0.717, 1.165) is 50.9 Å². The summed E-state index contributed by atoms with van der Waals surface area (Å²) < 4.78 is 10.3. The van der Waals surface area contributed by atoms with Crippen LogP contribution in [0.4, 0.5) is 4.79 Å². The summed E-state index contributed by atoms with van der Waals surface area (Å²) in [5.41, 5.74) is 0.479. The van der Waals surface area contributed by atoms with Crippen LogP contribution in [0, 0.1) is 5.92 Å². The average Bonchev–Trinajstić information content (AvgIpc) is 3.17. The molecule has 1 atom stereocenters. The second kappa shape index (κ2) is 13.1. The number of nitrogens with zero attached hydrogens (tertiary/aromatic N) is 5. The number of ether oxygens (including phenoxy) is 1. The number of piperazine rings is 1. The van der Waals surface area contributed by atoms with E-state index in [4.69, 9.17) is 14.3 Å². The summed E-state index contributed by atoms with van der Waals surface area (Å²) in [6.07, 6.45) is 1.32. The van der Waals surface area contributed by atoms with Gasteiger partial charge in [-0.1, -0.05) is 12.1 Å². The van der Waals surface area contributed by atoms with Gasteiger partial charge in [0, 0.05) is 65.5 Å². The van der Waals surface area contributed by atoms with Crippen molar-refractivity contribution in [1.29, 1.82) is 0 Å². The molecule has 0 saturated carbocycles. The molecule has 10 heteroatoms. The average molecular weight is 550 g/mol. The van der Waals surface area contributed by atoms with E-state index in [9.17, 15) is 4.79 Å². The number of hydrogen-bond donors (Lipinski definition) is 1. The molecule has 2 rings (SSSR count). The number of aromatic nitrogens is 1. The topological polar surface area (TPSA) is 86.4 Å². The van der Waals surface area contributed by atoms with Gasteiger partial charge < -0.3 is 24.4 Å². The lowest BCUT2D eigenvalue weighted by Gasteiger charge is -2.36. The Labute approximate surface area is 203 Å². The van der Waals surface area contributed by atoms with E-state index in [1.807, 2.05) is 26.8 Å². The summed E-state index contributed by atoms with van der Waals surface area (Å²) in [5.74, 6) is 1.16. The van der Waals surface area contributed by atoms with Gasteiger partial charge in [-0.05, 0) is 33.6 Å². The third-order valence-corrected chi connectivity index (χ3v) is 4.73. The molecule has 1 aromatic rings. The maximum Gasteiger partial charge on any atom is 0.410 e. The maximum absolute atomic E-state index is 12.2. The molecule has 1 unspecified atom stereocenters. The lowest BCUT2D eigenvalue weighted by Crippen LogP contribution is -2.52. The molecule has 9 nitrogen and oxygen atoms in total. The van der Waals surface area contributed by atoms with Crippen LogP contribution in [-0.4, -0.2) is 90.4 Å². The van der Waals surface area contributed by atoms with Crippen molar-refractivity contribution in [2.75, 3.05) is 52.9 Å². The summed E-state index contributed by atoms with van der Waals surface area (Å²) in [6, 6.07) is 1.91. The molecule has 1 aliphatic heterocycles. The fraction of sp³-hybridized carbons (Fsp3) is 0.762. The van der Waals surface area contributed by atoms with E-state index in [-0.39, 0.29) is 36.0 Å². The number of aliphatic imine (C=N–C) groups is 1. The van der Waals surface area contributed by atoms with E-state index in [1.165, 1.54) is 0 Å². The molecule has 0 aromatic carbocycles. The van der Waals surface area contributed by atoms with Gasteiger partial charge in [0.25, 0.3) is 0 Å². The molecule has 31 heavy (non-hydrogen) atoms. The third-order valence-electron chi connectivity index (χ3n) is 4.73. The van der Waals surface area contributed by atoms with Crippen LogP contribution < -0.4 is 5.32 Å². The van der Waals surface area contributed by atoms with E-state index in [1.54, 1.807) is 18.2 Å². The predicted molar refractivity (Wildman–Crippen MR) is 133 cm³/mol. The smallest absolute Gasteiger partial charge is 0.410 e. The first kappa shape index (κ1) is 27.5. The van der Waals surface area contributed by atoms with Crippen molar-refractivity contribution in [2.24, 2.45) is 10.9 Å². The summed E-state index contributed by atoms with van der Waals surface area (Å²) in [7, 11) is 1.77. The molecule has 1 saturated heterocycles. The van der Waals surface area contributed by atoms with Gasteiger partial charge in [-0.25, -0.2) is 4.79 Å². The number of carbonyl (C=O) groups is 1. The van der Waals surface area contributed by atoms with Gasteiger partial charge in [-0.2, -0.15) is 0 Å². The second-order valence-corrected chi connectivity index (χ2v) is 8.91. The number of nitrogens with one attached hydrogen (secondary N) is 1. The molecule has 1 aromatic heterocycles. The Morgan fingerprint density at radius 2 is 2.03 bits per heavy atom. The molecule has 1 N–H and O–H groups in total. The number of amides is 1. The fourth-order valence-corrected chi connectivity index (χ4v) is 3.27. The highest BCUT2D eigenvalue weighted by Gasteiger charge is 2.22. The van der Waals surface area contributed by atoms with Gasteiger partial charge in [0.1, 0.15) is 11.9 Å². The number of halogens is 1. The van der Waals surface area contributed by atoms with Crippen molar-refractivity contribution >= 4 is 36.0 Å². The molecule has 0 aliphatic carbocycles. The molecule has 0 bridgehead atoms. The Morgan fingerprint density at radius 1 is 1.35 bits per heavy atom. The zero-order valence-electron chi connectivity index (χ0n) is 19.8. The molecule has 1 amide bonds. The normalized spacial score (nSPS) is 16.5. The van der Waals surface area contributed by atoms with Crippen LogP contribution in [0.25, 0.3) is 0 Å². The first-order valence-electron chi connectivity index (χ1n) is 10.8. The SMILES string of the molecule is CCNC(=NCC(C)CN(C)C(=O)OC(C)(C)C)N1CCN(Cc2ccon2)CC1.I. The zero-order valence-corrected chi connectivity index (χ0v) is 22.1. The van der Waals surface area contributed by atoms with E-state index in [0.29, 0.717) is 13.1 Å². The van der Waals surface area contributed by atoms with Crippen LogP contribution in [0.1, 0.15) is 40.3 Å². The highest BCUT2D eigenvalue weighted by molar-refractivity contribution is 14.0. The van der Waals surface area contributed by atoms with Crippen molar-refractivity contribution < 1.29 is 14.1 Å². The third kappa shape index (κ3) is 10.1. The van der Waals surface area contributed by atoms with E-state index in [2.05, 4.69) is 34.1 Å². The predicted octanol–water partition coefficient (Wildman–Crippen LogP) is 2.88. The standard InChI is InChI=1S/C21H38N6O3.HI/c1-7-22-19(23-14-17(2)15-25(6)20(28)30-21(3,4)5)27-11-9-26(10-12-27)16-18-8-13-29-24-18;/h8,13,17H,7,9-12,14-16H2,1-6H3,(H,22,23);1H. The minimum absolute atomic E-state index is 0. The van der Waals surface area contributed by atoms with Crippen LogP contribution in [0.2, 0.25) is 0 Å². The highest BCUT2D eigenvalue weighted by atomic mass is 127. The Kier molecular flexibility index (Phi) is 11.6.